The van der Waals surface area contributed by atoms with E-state index >= 15 is 0 Å². The molecule has 5 nitrogen and oxygen atoms in total. The van der Waals surface area contributed by atoms with Crippen LogP contribution in [0.25, 0.3) is 0 Å². The van der Waals surface area contributed by atoms with Crippen LogP contribution in [0.4, 0.5) is 0 Å². The van der Waals surface area contributed by atoms with Crippen molar-refractivity contribution in [3.8, 4) is 11.5 Å². The maximum absolute atomic E-state index is 14.3. The van der Waals surface area contributed by atoms with E-state index in [0.717, 1.165) is 31.2 Å². The number of amides is 1. The summed E-state index contributed by atoms with van der Waals surface area (Å²) >= 11 is 0. The van der Waals surface area contributed by atoms with Crippen molar-refractivity contribution >= 4 is 11.7 Å². The first kappa shape index (κ1) is 26.2. The summed E-state index contributed by atoms with van der Waals surface area (Å²) in [7, 11) is 3.20. The smallest absolute Gasteiger partial charge is 0.251 e. The molecule has 194 valence electrons. The summed E-state index contributed by atoms with van der Waals surface area (Å²) in [6.45, 7) is 11.1. The normalized spacial score (nSPS) is 29.1. The summed E-state index contributed by atoms with van der Waals surface area (Å²) in [6, 6.07) is 13.0. The Morgan fingerprint density at radius 2 is 1.53 bits per heavy atom. The highest BCUT2D eigenvalue weighted by Gasteiger charge is 2.58. The van der Waals surface area contributed by atoms with E-state index in [1.54, 1.807) is 20.3 Å². The van der Waals surface area contributed by atoms with Gasteiger partial charge in [0.15, 0.2) is 5.78 Å². The lowest BCUT2D eigenvalue weighted by Crippen LogP contribution is -2.60. The molecule has 4 rings (SSSR count). The number of methoxy groups -OCH3 is 2. The van der Waals surface area contributed by atoms with E-state index in [2.05, 4.69) is 33.0 Å². The van der Waals surface area contributed by atoms with Crippen LogP contribution < -0.4 is 14.8 Å². The molecule has 1 N–H and O–H groups in total. The predicted octanol–water partition coefficient (Wildman–Crippen LogP) is 6.48. The average molecular weight is 492 g/mol. The molecule has 36 heavy (non-hydrogen) atoms. The summed E-state index contributed by atoms with van der Waals surface area (Å²) < 4.78 is 10.9. The molecular formula is C31H41NO4. The van der Waals surface area contributed by atoms with Crippen LogP contribution in [0, 0.1) is 35.5 Å². The van der Waals surface area contributed by atoms with Gasteiger partial charge in [0.1, 0.15) is 11.5 Å². The van der Waals surface area contributed by atoms with Crippen LogP contribution in [0.1, 0.15) is 79.7 Å². The first-order valence-electron chi connectivity index (χ1n) is 13.1. The van der Waals surface area contributed by atoms with Crippen molar-refractivity contribution in [1.29, 1.82) is 0 Å². The molecule has 1 amide bonds. The van der Waals surface area contributed by atoms with E-state index < -0.39 is 0 Å². The summed E-state index contributed by atoms with van der Waals surface area (Å²) in [5.41, 5.74) is 2.32. The Morgan fingerprint density at radius 1 is 0.917 bits per heavy atom. The number of ketones is 1. The van der Waals surface area contributed by atoms with Crippen LogP contribution in [0.5, 0.6) is 11.5 Å². The minimum absolute atomic E-state index is 0.0146. The molecule has 5 atom stereocenters. The number of ether oxygens (including phenoxy) is 2. The molecule has 2 aliphatic carbocycles. The lowest BCUT2D eigenvalue weighted by atomic mass is 9.45. The van der Waals surface area contributed by atoms with Gasteiger partial charge in [-0.2, -0.15) is 0 Å². The molecule has 0 unspecified atom stereocenters. The first-order chi connectivity index (χ1) is 17.0. The Balaban J connectivity index is 1.73. The van der Waals surface area contributed by atoms with Gasteiger partial charge in [-0.15, -0.1) is 0 Å². The fourth-order valence-corrected chi connectivity index (χ4v) is 7.24. The number of carbonyl (C=O) groups excluding carboxylic acids is 2. The van der Waals surface area contributed by atoms with E-state index in [9.17, 15) is 9.59 Å². The highest BCUT2D eigenvalue weighted by atomic mass is 16.5. The van der Waals surface area contributed by atoms with Crippen molar-refractivity contribution in [2.24, 2.45) is 28.6 Å². The highest BCUT2D eigenvalue weighted by molar-refractivity contribution is 6.00. The van der Waals surface area contributed by atoms with Gasteiger partial charge >= 0.3 is 0 Å². The van der Waals surface area contributed by atoms with Crippen LogP contribution in [0.15, 0.2) is 42.5 Å². The molecule has 5 heteroatoms. The lowest BCUT2D eigenvalue weighted by molar-refractivity contribution is -0.0902. The van der Waals surface area contributed by atoms with Crippen molar-refractivity contribution < 1.29 is 19.1 Å². The molecule has 0 radical (unpaired) electrons. The van der Waals surface area contributed by atoms with E-state index in [4.69, 9.17) is 9.47 Å². The summed E-state index contributed by atoms with van der Waals surface area (Å²) in [5, 5.41) is 3.33. The molecule has 2 aromatic carbocycles. The maximum atomic E-state index is 14.3. The summed E-state index contributed by atoms with van der Waals surface area (Å²) in [5.74, 6) is 1.33. The van der Waals surface area contributed by atoms with Gasteiger partial charge in [-0.25, -0.2) is 0 Å². The molecular weight excluding hydrogens is 450 g/mol. The van der Waals surface area contributed by atoms with E-state index in [-0.39, 0.29) is 40.4 Å². The van der Waals surface area contributed by atoms with Crippen LogP contribution in [-0.4, -0.2) is 32.0 Å². The molecule has 0 aromatic heterocycles. The molecule has 2 aliphatic rings. The van der Waals surface area contributed by atoms with Gasteiger partial charge in [-0.1, -0.05) is 51.8 Å². The maximum Gasteiger partial charge on any atom is 0.251 e. The molecule has 2 saturated carbocycles. The third kappa shape index (κ3) is 4.77. The monoisotopic (exact) mass is 491 g/mol. The van der Waals surface area contributed by atoms with E-state index in [1.807, 2.05) is 43.3 Å². The standard InChI is InChI=1S/C31H41NO4/c1-19-9-11-21(12-10-19)29(34)32-25-18-26-30(3,4)13-8-14-31(26,5)27(20(25)2)28(33)22-15-23(35-6)17-24(16-22)36-7/h9-12,15-17,20,25-27H,8,13-14,18H2,1-7H3,(H,32,34)/t20-,25-,26+,27-,31+/m1/s1. The topological polar surface area (TPSA) is 64.6 Å². The molecule has 2 aromatic rings. The van der Waals surface area contributed by atoms with Crippen molar-refractivity contribution in [1.82, 2.24) is 5.32 Å². The van der Waals surface area contributed by atoms with Crippen LogP contribution >= 0.6 is 0 Å². The molecule has 0 spiro atoms. The molecule has 2 fully saturated rings. The predicted molar refractivity (Wildman–Crippen MR) is 143 cm³/mol. The Morgan fingerprint density at radius 3 is 2.11 bits per heavy atom. The lowest BCUT2D eigenvalue weighted by Gasteiger charge is -2.60. The second-order valence-corrected chi connectivity index (χ2v) is 11.9. The van der Waals surface area contributed by atoms with Gasteiger partial charge in [-0.3, -0.25) is 9.59 Å². The number of hydrogen-bond donors (Lipinski definition) is 1. The molecule has 0 bridgehead atoms. The van der Waals surface area contributed by atoms with Crippen LogP contribution in [0.3, 0.4) is 0 Å². The van der Waals surface area contributed by atoms with Gasteiger partial charge < -0.3 is 14.8 Å². The number of fused-ring (bicyclic) bond motifs is 1. The van der Waals surface area contributed by atoms with Crippen molar-refractivity contribution in [3.05, 3.63) is 59.2 Å². The third-order valence-corrected chi connectivity index (χ3v) is 9.19. The van der Waals surface area contributed by atoms with Gasteiger partial charge in [0.05, 0.1) is 14.2 Å². The number of Topliss-reactive ketones (excluding diaryl/α,β-unsaturated/α-hetero) is 1. The second-order valence-electron chi connectivity index (χ2n) is 11.9. The SMILES string of the molecule is COc1cc(OC)cc(C(=O)[C@H]2[C@H](C)[C@H](NC(=O)c3ccc(C)cc3)C[C@H]3C(C)(C)CCC[C@]23C)c1. The van der Waals surface area contributed by atoms with E-state index in [0.29, 0.717) is 28.5 Å². The van der Waals surface area contributed by atoms with Crippen molar-refractivity contribution in [2.75, 3.05) is 14.2 Å². The zero-order valence-corrected chi connectivity index (χ0v) is 22.8. The second kappa shape index (κ2) is 9.91. The number of carbonyl (C=O) groups is 2. The minimum atomic E-state index is -0.226. The Hall–Kier alpha value is -2.82. The minimum Gasteiger partial charge on any atom is -0.497 e. The molecule has 0 aliphatic heterocycles. The average Bonchev–Trinajstić information content (AvgIpc) is 2.84. The fraction of sp³-hybridized carbons (Fsp3) is 0.548. The highest BCUT2D eigenvalue weighted by Crippen LogP contribution is 2.61. The zero-order chi connectivity index (χ0) is 26.3. The number of rotatable bonds is 6. The van der Waals surface area contributed by atoms with E-state index in [1.165, 1.54) is 0 Å². The number of nitrogens with one attached hydrogen (secondary N) is 1. The van der Waals surface area contributed by atoms with Gasteiger partial charge in [0.25, 0.3) is 5.91 Å². The zero-order valence-electron chi connectivity index (χ0n) is 22.8. The molecule has 0 heterocycles. The van der Waals surface area contributed by atoms with Crippen LogP contribution in [-0.2, 0) is 0 Å². The van der Waals surface area contributed by atoms with Gasteiger partial charge in [0, 0.05) is 29.2 Å². The fourth-order valence-electron chi connectivity index (χ4n) is 7.24. The van der Waals surface area contributed by atoms with Crippen LogP contribution in [0.2, 0.25) is 0 Å². The van der Waals surface area contributed by atoms with Crippen molar-refractivity contribution in [2.45, 2.75) is 66.3 Å². The Kier molecular flexibility index (Phi) is 7.23. The van der Waals surface area contributed by atoms with Gasteiger partial charge in [-0.05, 0) is 73.1 Å². The number of benzene rings is 2. The number of aryl methyl sites for hydroxylation is 1. The third-order valence-electron chi connectivity index (χ3n) is 9.19. The summed E-state index contributed by atoms with van der Waals surface area (Å²) in [6.07, 6.45) is 4.14. The summed E-state index contributed by atoms with van der Waals surface area (Å²) in [4.78, 5) is 27.6. The Bertz CT molecular complexity index is 1100. The molecule has 0 saturated heterocycles. The van der Waals surface area contributed by atoms with Gasteiger partial charge in [0.2, 0.25) is 0 Å². The largest absolute Gasteiger partial charge is 0.497 e. The van der Waals surface area contributed by atoms with Crippen molar-refractivity contribution in [3.63, 3.8) is 0 Å². The first-order valence-corrected chi connectivity index (χ1v) is 13.1. The number of hydrogen-bond acceptors (Lipinski definition) is 4. The Labute approximate surface area is 216 Å². The quantitative estimate of drug-likeness (QED) is 0.470.